The normalized spacial score (nSPS) is 14.5. The van der Waals surface area contributed by atoms with E-state index >= 15 is 0 Å². The Morgan fingerprint density at radius 3 is 2.25 bits per heavy atom. The van der Waals surface area contributed by atoms with Crippen LogP contribution in [0.25, 0.3) is 0 Å². The molecule has 0 radical (unpaired) electrons. The van der Waals surface area contributed by atoms with Gasteiger partial charge in [0, 0.05) is 41.3 Å². The minimum atomic E-state index is -0.136. The van der Waals surface area contributed by atoms with Crippen LogP contribution >= 0.6 is 11.6 Å². The van der Waals surface area contributed by atoms with Crippen LogP contribution in [0.5, 0.6) is 11.5 Å². The predicted molar refractivity (Wildman–Crippen MR) is 108 cm³/mol. The van der Waals surface area contributed by atoms with Crippen molar-refractivity contribution in [3.63, 3.8) is 0 Å². The molecule has 148 valence electrons. The highest BCUT2D eigenvalue weighted by molar-refractivity contribution is 6.30. The summed E-state index contributed by atoms with van der Waals surface area (Å²) in [5.74, 6) is 0.864. The van der Waals surface area contributed by atoms with E-state index in [1.165, 1.54) is 0 Å². The summed E-state index contributed by atoms with van der Waals surface area (Å²) in [5, 5.41) is 3.47. The third kappa shape index (κ3) is 4.75. The lowest BCUT2D eigenvalue weighted by Gasteiger charge is -2.31. The van der Waals surface area contributed by atoms with Crippen molar-refractivity contribution in [3.8, 4) is 11.5 Å². The summed E-state index contributed by atoms with van der Waals surface area (Å²) in [6, 6.07) is 12.2. The van der Waals surface area contributed by atoms with E-state index in [1.54, 1.807) is 61.6 Å². The first-order valence-electron chi connectivity index (χ1n) is 9.09. The molecular weight excluding hydrogens is 380 g/mol. The molecule has 0 aliphatic carbocycles. The van der Waals surface area contributed by atoms with Gasteiger partial charge in [0.05, 0.1) is 14.2 Å². The number of nitrogens with one attached hydrogen (secondary N) is 1. The summed E-state index contributed by atoms with van der Waals surface area (Å²) in [4.78, 5) is 27.1. The Morgan fingerprint density at radius 1 is 1.04 bits per heavy atom. The maximum Gasteiger partial charge on any atom is 0.254 e. The number of ether oxygens (including phenoxy) is 2. The highest BCUT2D eigenvalue weighted by Gasteiger charge is 2.28. The lowest BCUT2D eigenvalue weighted by atomic mass is 9.95. The number of likely N-dealkylation sites (tertiary alicyclic amines) is 1. The van der Waals surface area contributed by atoms with Crippen LogP contribution in [-0.2, 0) is 4.79 Å². The number of hydrogen-bond donors (Lipinski definition) is 1. The van der Waals surface area contributed by atoms with Crippen LogP contribution < -0.4 is 14.8 Å². The molecule has 2 aromatic rings. The third-order valence-corrected chi connectivity index (χ3v) is 5.08. The van der Waals surface area contributed by atoms with Crippen LogP contribution in [-0.4, -0.2) is 44.0 Å². The molecule has 28 heavy (non-hydrogen) atoms. The first-order valence-corrected chi connectivity index (χ1v) is 9.46. The molecule has 2 aromatic carbocycles. The Kier molecular flexibility index (Phi) is 6.41. The van der Waals surface area contributed by atoms with Gasteiger partial charge in [0.1, 0.15) is 11.5 Å². The Balaban J connectivity index is 1.60. The number of rotatable bonds is 5. The van der Waals surface area contributed by atoms with Crippen molar-refractivity contribution in [1.29, 1.82) is 0 Å². The van der Waals surface area contributed by atoms with Crippen molar-refractivity contribution in [2.75, 3.05) is 32.6 Å². The quantitative estimate of drug-likeness (QED) is 0.824. The summed E-state index contributed by atoms with van der Waals surface area (Å²) >= 11 is 5.96. The van der Waals surface area contributed by atoms with E-state index in [-0.39, 0.29) is 17.7 Å². The van der Waals surface area contributed by atoms with Gasteiger partial charge in [-0.25, -0.2) is 0 Å². The summed E-state index contributed by atoms with van der Waals surface area (Å²) in [6.07, 6.45) is 1.22. The second-order valence-corrected chi connectivity index (χ2v) is 7.10. The zero-order valence-corrected chi connectivity index (χ0v) is 16.7. The second kappa shape index (κ2) is 8.97. The van der Waals surface area contributed by atoms with Gasteiger partial charge >= 0.3 is 0 Å². The van der Waals surface area contributed by atoms with Crippen LogP contribution in [0.1, 0.15) is 23.2 Å². The molecule has 6 nitrogen and oxygen atoms in total. The number of carbonyl (C=O) groups is 2. The molecule has 2 amide bonds. The molecule has 1 aliphatic rings. The molecular formula is C21H23ClN2O4. The molecule has 0 bridgehead atoms. The molecule has 0 saturated carbocycles. The molecule has 1 saturated heterocycles. The SMILES string of the molecule is COc1cc(OC)cc(C(=O)N2CCC(C(=O)Nc3cccc(Cl)c3)CC2)c1. The number of carbonyl (C=O) groups excluding carboxylic acids is 2. The fourth-order valence-corrected chi connectivity index (χ4v) is 3.46. The van der Waals surface area contributed by atoms with Crippen LogP contribution in [0.2, 0.25) is 5.02 Å². The molecule has 1 fully saturated rings. The number of anilines is 1. The van der Waals surface area contributed by atoms with Crippen LogP contribution in [0.3, 0.4) is 0 Å². The minimum Gasteiger partial charge on any atom is -0.497 e. The van der Waals surface area contributed by atoms with Crippen LogP contribution in [0, 0.1) is 5.92 Å². The number of piperidine rings is 1. The van der Waals surface area contributed by atoms with Crippen LogP contribution in [0.15, 0.2) is 42.5 Å². The Hall–Kier alpha value is -2.73. The van der Waals surface area contributed by atoms with Crippen molar-refractivity contribution < 1.29 is 19.1 Å². The van der Waals surface area contributed by atoms with Crippen molar-refractivity contribution >= 4 is 29.1 Å². The largest absolute Gasteiger partial charge is 0.497 e. The van der Waals surface area contributed by atoms with Crippen LogP contribution in [0.4, 0.5) is 5.69 Å². The molecule has 0 atom stereocenters. The fraction of sp³-hybridized carbons (Fsp3) is 0.333. The van der Waals surface area contributed by atoms with E-state index in [1.807, 2.05) is 0 Å². The van der Waals surface area contributed by atoms with Gasteiger partial charge in [-0.3, -0.25) is 9.59 Å². The molecule has 0 unspecified atom stereocenters. The number of benzene rings is 2. The first-order chi connectivity index (χ1) is 13.5. The number of halogens is 1. The molecule has 1 N–H and O–H groups in total. The average molecular weight is 403 g/mol. The van der Waals surface area contributed by atoms with Gasteiger partial charge in [0.25, 0.3) is 5.91 Å². The standard InChI is InChI=1S/C21H23ClN2O4/c1-27-18-10-15(11-19(13-18)28-2)21(26)24-8-6-14(7-9-24)20(25)23-17-5-3-4-16(22)12-17/h3-5,10-14H,6-9H2,1-2H3,(H,23,25). The first kappa shape index (κ1) is 20.0. The number of nitrogens with zero attached hydrogens (tertiary/aromatic N) is 1. The van der Waals surface area contributed by atoms with Gasteiger partial charge in [0.2, 0.25) is 5.91 Å². The predicted octanol–water partition coefficient (Wildman–Crippen LogP) is 3.85. The minimum absolute atomic E-state index is 0.0441. The zero-order chi connectivity index (χ0) is 20.1. The summed E-state index contributed by atoms with van der Waals surface area (Å²) in [5.41, 5.74) is 1.19. The van der Waals surface area contributed by atoms with Crippen molar-refractivity contribution in [2.45, 2.75) is 12.8 Å². The average Bonchev–Trinajstić information content (AvgIpc) is 2.72. The molecule has 1 aliphatic heterocycles. The summed E-state index contributed by atoms with van der Waals surface area (Å²) < 4.78 is 10.5. The summed E-state index contributed by atoms with van der Waals surface area (Å²) in [7, 11) is 3.10. The van der Waals surface area contributed by atoms with E-state index in [9.17, 15) is 9.59 Å². The molecule has 7 heteroatoms. The zero-order valence-electron chi connectivity index (χ0n) is 15.9. The van der Waals surface area contributed by atoms with Crippen molar-refractivity contribution in [3.05, 3.63) is 53.1 Å². The van der Waals surface area contributed by atoms with Crippen molar-refractivity contribution in [2.24, 2.45) is 5.92 Å². The van der Waals surface area contributed by atoms with Crippen molar-refractivity contribution in [1.82, 2.24) is 4.90 Å². The highest BCUT2D eigenvalue weighted by atomic mass is 35.5. The molecule has 1 heterocycles. The van der Waals surface area contributed by atoms with Gasteiger partial charge in [-0.05, 0) is 43.2 Å². The Bertz CT molecular complexity index is 841. The van der Waals surface area contributed by atoms with E-state index in [4.69, 9.17) is 21.1 Å². The Labute approximate surface area is 169 Å². The smallest absolute Gasteiger partial charge is 0.254 e. The van der Waals surface area contributed by atoms with E-state index < -0.39 is 0 Å². The molecule has 0 aromatic heterocycles. The van der Waals surface area contributed by atoms with E-state index in [2.05, 4.69) is 5.32 Å². The van der Waals surface area contributed by atoms with E-state index in [0.717, 1.165) is 0 Å². The Morgan fingerprint density at radius 2 is 1.68 bits per heavy atom. The van der Waals surface area contributed by atoms with E-state index in [0.29, 0.717) is 53.7 Å². The molecule has 0 spiro atoms. The topological polar surface area (TPSA) is 67.9 Å². The maximum absolute atomic E-state index is 12.8. The number of methoxy groups -OCH3 is 2. The monoisotopic (exact) mass is 402 g/mol. The van der Waals surface area contributed by atoms with Gasteiger partial charge in [0.15, 0.2) is 0 Å². The summed E-state index contributed by atoms with van der Waals surface area (Å²) in [6.45, 7) is 1.04. The molecule has 3 rings (SSSR count). The fourth-order valence-electron chi connectivity index (χ4n) is 3.27. The number of hydrogen-bond acceptors (Lipinski definition) is 4. The second-order valence-electron chi connectivity index (χ2n) is 6.67. The third-order valence-electron chi connectivity index (χ3n) is 4.84. The lowest BCUT2D eigenvalue weighted by Crippen LogP contribution is -2.41. The van der Waals surface area contributed by atoms with Gasteiger partial charge in [-0.2, -0.15) is 0 Å². The van der Waals surface area contributed by atoms with Gasteiger partial charge in [-0.15, -0.1) is 0 Å². The highest BCUT2D eigenvalue weighted by Crippen LogP contribution is 2.26. The number of amides is 2. The van der Waals surface area contributed by atoms with Gasteiger partial charge < -0.3 is 19.7 Å². The lowest BCUT2D eigenvalue weighted by molar-refractivity contribution is -0.121. The maximum atomic E-state index is 12.8. The van der Waals surface area contributed by atoms with Gasteiger partial charge in [-0.1, -0.05) is 17.7 Å².